The fourth-order valence-corrected chi connectivity index (χ4v) is 2.56. The van der Waals surface area contributed by atoms with Crippen LogP contribution in [0.3, 0.4) is 0 Å². The Bertz CT molecular complexity index is 372. The van der Waals surface area contributed by atoms with Crippen molar-refractivity contribution in [1.82, 2.24) is 4.90 Å². The van der Waals surface area contributed by atoms with Crippen LogP contribution in [0.4, 0.5) is 4.79 Å². The molecule has 0 radical (unpaired) electrons. The van der Waals surface area contributed by atoms with Crippen LogP contribution in [0.2, 0.25) is 18.1 Å². The van der Waals surface area contributed by atoms with Gasteiger partial charge < -0.3 is 9.16 Å². The Labute approximate surface area is 124 Å². The summed E-state index contributed by atoms with van der Waals surface area (Å²) < 4.78 is 11.2. The number of amides is 1. The van der Waals surface area contributed by atoms with E-state index >= 15 is 0 Å². The van der Waals surface area contributed by atoms with Crippen molar-refractivity contribution in [2.45, 2.75) is 65.1 Å². The molecule has 0 aromatic carbocycles. The molecule has 1 amide bonds. The maximum Gasteiger partial charge on any atom is 0.414 e. The molecule has 4 nitrogen and oxygen atoms in total. The van der Waals surface area contributed by atoms with Gasteiger partial charge in [-0.15, -0.1) is 0 Å². The van der Waals surface area contributed by atoms with E-state index in [-0.39, 0.29) is 11.1 Å². The van der Waals surface area contributed by atoms with Gasteiger partial charge in [0.25, 0.3) is 0 Å². The lowest BCUT2D eigenvalue weighted by Crippen LogP contribution is -2.40. The molecule has 1 aliphatic rings. The van der Waals surface area contributed by atoms with Crippen LogP contribution in [0.15, 0.2) is 12.0 Å². The molecule has 1 saturated heterocycles. The highest BCUT2D eigenvalue weighted by atomic mass is 28.4. The Morgan fingerprint density at radius 1 is 1.35 bits per heavy atom. The van der Waals surface area contributed by atoms with Gasteiger partial charge in [0, 0.05) is 6.54 Å². The minimum atomic E-state index is -1.83. The van der Waals surface area contributed by atoms with Crippen molar-refractivity contribution in [2.75, 3.05) is 13.2 Å². The molecule has 1 fully saturated rings. The lowest BCUT2D eigenvalue weighted by atomic mass is 10.1. The molecule has 0 aromatic heterocycles. The van der Waals surface area contributed by atoms with Crippen molar-refractivity contribution >= 4 is 14.4 Å². The number of ether oxygens (including phenoxy) is 1. The first-order chi connectivity index (χ1) is 9.19. The first-order valence-electron chi connectivity index (χ1n) is 7.50. The summed E-state index contributed by atoms with van der Waals surface area (Å²) in [5, 5.41) is 0.160. The molecular formula is C15H29NO3Si. The maximum atomic E-state index is 11.9. The Morgan fingerprint density at radius 3 is 2.55 bits per heavy atom. The van der Waals surface area contributed by atoms with Crippen molar-refractivity contribution in [3.63, 3.8) is 0 Å². The molecule has 0 aromatic rings. The summed E-state index contributed by atoms with van der Waals surface area (Å²) in [7, 11) is -1.83. The summed E-state index contributed by atoms with van der Waals surface area (Å²) in [6.45, 7) is 14.0. The third-order valence-corrected chi connectivity index (χ3v) is 8.51. The van der Waals surface area contributed by atoms with Crippen molar-refractivity contribution in [3.8, 4) is 0 Å². The van der Waals surface area contributed by atoms with Gasteiger partial charge in [0.15, 0.2) is 0 Å². The number of hydrogen-bond acceptors (Lipinski definition) is 3. The zero-order chi connectivity index (χ0) is 15.4. The van der Waals surface area contributed by atoms with Crippen LogP contribution < -0.4 is 0 Å². The van der Waals surface area contributed by atoms with Crippen LogP contribution in [0, 0.1) is 0 Å². The summed E-state index contributed by atoms with van der Waals surface area (Å²) in [6.07, 6.45) is 4.57. The number of hydrogen-bond donors (Lipinski definition) is 0. The molecule has 0 N–H and O–H groups in total. The summed E-state index contributed by atoms with van der Waals surface area (Å²) in [5.74, 6) is 0. The average Bonchev–Trinajstić information content (AvgIpc) is 2.35. The standard InChI is InChI=1S/C15H29NO3Si/c1-7-18-14(17)16-11-9-8-10-13(16)12-19-20(5,6)15(2,3)4/h12H,7-11H2,1-6H3/b13-12+. The van der Waals surface area contributed by atoms with E-state index in [4.69, 9.17) is 9.16 Å². The number of piperidine rings is 1. The van der Waals surface area contributed by atoms with E-state index in [1.54, 1.807) is 4.90 Å². The van der Waals surface area contributed by atoms with E-state index in [1.165, 1.54) is 0 Å². The molecule has 1 rings (SSSR count). The third-order valence-electron chi connectivity index (χ3n) is 4.20. The van der Waals surface area contributed by atoms with Crippen LogP contribution in [-0.2, 0) is 9.16 Å². The molecule has 0 saturated carbocycles. The van der Waals surface area contributed by atoms with Crippen molar-refractivity contribution in [3.05, 3.63) is 12.0 Å². The van der Waals surface area contributed by atoms with Gasteiger partial charge in [-0.3, -0.25) is 4.90 Å². The first-order valence-corrected chi connectivity index (χ1v) is 10.4. The topological polar surface area (TPSA) is 38.8 Å². The minimum Gasteiger partial charge on any atom is -0.547 e. The highest BCUT2D eigenvalue weighted by Crippen LogP contribution is 2.37. The summed E-state index contributed by atoms with van der Waals surface area (Å²) in [4.78, 5) is 13.7. The van der Waals surface area contributed by atoms with Gasteiger partial charge in [-0.2, -0.15) is 0 Å². The van der Waals surface area contributed by atoms with Gasteiger partial charge in [0.1, 0.15) is 0 Å². The highest BCUT2D eigenvalue weighted by molar-refractivity contribution is 6.74. The van der Waals surface area contributed by atoms with Gasteiger partial charge >= 0.3 is 6.09 Å². The predicted octanol–water partition coefficient (Wildman–Crippen LogP) is 4.49. The zero-order valence-corrected chi connectivity index (χ0v) is 14.8. The fraction of sp³-hybridized carbons (Fsp3) is 0.800. The lowest BCUT2D eigenvalue weighted by Gasteiger charge is -2.36. The monoisotopic (exact) mass is 299 g/mol. The van der Waals surface area contributed by atoms with Crippen LogP contribution in [-0.4, -0.2) is 32.5 Å². The summed E-state index contributed by atoms with van der Waals surface area (Å²) in [5.41, 5.74) is 0.958. The molecule has 0 atom stereocenters. The number of allylic oxidation sites excluding steroid dienone is 1. The minimum absolute atomic E-state index is 0.160. The van der Waals surface area contributed by atoms with Gasteiger partial charge in [0.05, 0.1) is 18.6 Å². The second-order valence-corrected chi connectivity index (χ2v) is 11.6. The highest BCUT2D eigenvalue weighted by Gasteiger charge is 2.38. The van der Waals surface area contributed by atoms with E-state index in [0.717, 1.165) is 31.5 Å². The maximum absolute atomic E-state index is 11.9. The van der Waals surface area contributed by atoms with Crippen molar-refractivity contribution in [2.24, 2.45) is 0 Å². The molecule has 5 heteroatoms. The quantitative estimate of drug-likeness (QED) is 0.569. The zero-order valence-electron chi connectivity index (χ0n) is 13.8. The Morgan fingerprint density at radius 2 is 2.00 bits per heavy atom. The van der Waals surface area contributed by atoms with Gasteiger partial charge in [-0.1, -0.05) is 20.8 Å². The molecule has 0 aliphatic carbocycles. The molecule has 0 bridgehead atoms. The van der Waals surface area contributed by atoms with E-state index < -0.39 is 8.32 Å². The molecular weight excluding hydrogens is 270 g/mol. The van der Waals surface area contributed by atoms with Gasteiger partial charge in [-0.05, 0) is 44.3 Å². The number of rotatable bonds is 3. The number of carbonyl (C=O) groups excluding carboxylic acids is 1. The lowest BCUT2D eigenvalue weighted by molar-refractivity contribution is 0.111. The number of likely N-dealkylation sites (tertiary alicyclic amines) is 1. The third kappa shape index (κ3) is 4.26. The van der Waals surface area contributed by atoms with E-state index in [1.807, 2.05) is 13.2 Å². The van der Waals surface area contributed by atoms with E-state index in [9.17, 15) is 4.79 Å². The molecule has 1 heterocycles. The van der Waals surface area contributed by atoms with Crippen molar-refractivity contribution < 1.29 is 14.0 Å². The second kappa shape index (κ2) is 6.65. The Hall–Kier alpha value is -0.973. The fourth-order valence-electron chi connectivity index (χ4n) is 1.78. The second-order valence-electron chi connectivity index (χ2n) is 6.80. The van der Waals surface area contributed by atoms with Gasteiger partial charge in [-0.25, -0.2) is 4.79 Å². The number of nitrogens with zero attached hydrogens (tertiary/aromatic N) is 1. The van der Waals surface area contributed by atoms with Crippen LogP contribution in [0.5, 0.6) is 0 Å². The van der Waals surface area contributed by atoms with E-state index in [2.05, 4.69) is 33.9 Å². The van der Waals surface area contributed by atoms with Crippen LogP contribution in [0.25, 0.3) is 0 Å². The molecule has 1 aliphatic heterocycles. The molecule has 20 heavy (non-hydrogen) atoms. The molecule has 116 valence electrons. The van der Waals surface area contributed by atoms with Crippen LogP contribution >= 0.6 is 0 Å². The van der Waals surface area contributed by atoms with Gasteiger partial charge in [0.2, 0.25) is 8.32 Å². The normalized spacial score (nSPS) is 19.1. The number of carbonyl (C=O) groups is 1. The Kier molecular flexibility index (Phi) is 5.68. The smallest absolute Gasteiger partial charge is 0.414 e. The average molecular weight is 299 g/mol. The first kappa shape index (κ1) is 17.1. The predicted molar refractivity (Wildman–Crippen MR) is 83.9 cm³/mol. The Balaban J connectivity index is 2.80. The SMILES string of the molecule is CCOC(=O)N1CCCC/C1=C\O[Si](C)(C)C(C)(C)C. The van der Waals surface area contributed by atoms with Crippen molar-refractivity contribution in [1.29, 1.82) is 0 Å². The summed E-state index contributed by atoms with van der Waals surface area (Å²) >= 11 is 0. The molecule has 0 spiro atoms. The van der Waals surface area contributed by atoms with Crippen LogP contribution in [0.1, 0.15) is 47.0 Å². The largest absolute Gasteiger partial charge is 0.547 e. The molecule has 0 unspecified atom stereocenters. The van der Waals surface area contributed by atoms with E-state index in [0.29, 0.717) is 6.61 Å². The summed E-state index contributed by atoms with van der Waals surface area (Å²) in [6, 6.07) is 0.